The Hall–Kier alpha value is -1.06. The molecule has 0 saturated carbocycles. The maximum atomic E-state index is 5.44. The molecule has 2 aliphatic rings. The number of nitrogens with zero attached hydrogens (tertiary/aromatic N) is 2. The minimum Gasteiger partial charge on any atom is -0.379 e. The molecular formula is C16H24N2O. The van der Waals surface area contributed by atoms with Crippen molar-refractivity contribution in [1.29, 1.82) is 0 Å². The van der Waals surface area contributed by atoms with E-state index in [1.165, 1.54) is 37.2 Å². The molecule has 2 heterocycles. The van der Waals surface area contributed by atoms with Crippen molar-refractivity contribution < 1.29 is 4.74 Å². The topological polar surface area (TPSA) is 15.7 Å². The van der Waals surface area contributed by atoms with Gasteiger partial charge in [-0.1, -0.05) is 17.7 Å². The number of benzene rings is 1. The maximum absolute atomic E-state index is 5.44. The Balaban J connectivity index is 1.55. The molecule has 3 nitrogen and oxygen atoms in total. The molecule has 2 saturated heterocycles. The van der Waals surface area contributed by atoms with Gasteiger partial charge in [0.2, 0.25) is 0 Å². The van der Waals surface area contributed by atoms with Crippen molar-refractivity contribution in [3.63, 3.8) is 0 Å². The predicted octanol–water partition coefficient (Wildman–Crippen LogP) is 2.30. The molecule has 0 radical (unpaired) electrons. The van der Waals surface area contributed by atoms with Crippen molar-refractivity contribution in [3.05, 3.63) is 29.8 Å². The molecule has 104 valence electrons. The molecule has 0 atom stereocenters. The number of morpholine rings is 1. The first-order valence-corrected chi connectivity index (χ1v) is 7.46. The summed E-state index contributed by atoms with van der Waals surface area (Å²) in [5.74, 6) is 0. The monoisotopic (exact) mass is 260 g/mol. The minimum absolute atomic E-state index is 0.769. The van der Waals surface area contributed by atoms with Crippen molar-refractivity contribution >= 4 is 5.69 Å². The molecule has 19 heavy (non-hydrogen) atoms. The Morgan fingerprint density at radius 1 is 0.947 bits per heavy atom. The van der Waals surface area contributed by atoms with Crippen molar-refractivity contribution in [2.24, 2.45) is 0 Å². The predicted molar refractivity (Wildman–Crippen MR) is 78.8 cm³/mol. The van der Waals surface area contributed by atoms with Gasteiger partial charge in [0.1, 0.15) is 0 Å². The first kappa shape index (κ1) is 12.9. The number of ether oxygens (including phenoxy) is 1. The first-order chi connectivity index (χ1) is 9.33. The zero-order valence-electron chi connectivity index (χ0n) is 11.8. The third-order valence-corrected chi connectivity index (χ3v) is 4.43. The molecule has 0 spiro atoms. The fourth-order valence-electron chi connectivity index (χ4n) is 3.19. The molecule has 3 rings (SSSR count). The van der Waals surface area contributed by atoms with E-state index in [1.54, 1.807) is 0 Å². The second kappa shape index (κ2) is 5.93. The average Bonchev–Trinajstić information content (AvgIpc) is 2.49. The molecule has 0 aromatic heterocycles. The van der Waals surface area contributed by atoms with Crippen LogP contribution in [-0.2, 0) is 4.74 Å². The van der Waals surface area contributed by atoms with E-state index in [4.69, 9.17) is 4.74 Å². The van der Waals surface area contributed by atoms with Crippen LogP contribution in [0.2, 0.25) is 0 Å². The van der Waals surface area contributed by atoms with Crippen molar-refractivity contribution in [2.75, 3.05) is 44.3 Å². The van der Waals surface area contributed by atoms with Crippen molar-refractivity contribution in [1.82, 2.24) is 4.90 Å². The van der Waals surface area contributed by atoms with Crippen LogP contribution in [-0.4, -0.2) is 50.3 Å². The third kappa shape index (κ3) is 3.10. The van der Waals surface area contributed by atoms with Gasteiger partial charge in [-0.3, -0.25) is 4.90 Å². The Morgan fingerprint density at radius 3 is 2.21 bits per heavy atom. The lowest BCUT2D eigenvalue weighted by atomic mass is 10.0. The second-order valence-corrected chi connectivity index (χ2v) is 5.70. The van der Waals surface area contributed by atoms with Gasteiger partial charge in [-0.05, 0) is 31.9 Å². The molecule has 0 N–H and O–H groups in total. The molecule has 0 aliphatic carbocycles. The van der Waals surface area contributed by atoms with Crippen LogP contribution in [0.5, 0.6) is 0 Å². The molecule has 1 aromatic carbocycles. The summed E-state index contributed by atoms with van der Waals surface area (Å²) in [6.07, 6.45) is 2.57. The average molecular weight is 260 g/mol. The van der Waals surface area contributed by atoms with Gasteiger partial charge in [0, 0.05) is 37.9 Å². The smallest absolute Gasteiger partial charge is 0.0594 e. The second-order valence-electron chi connectivity index (χ2n) is 5.70. The van der Waals surface area contributed by atoms with Crippen molar-refractivity contribution in [3.8, 4) is 0 Å². The zero-order valence-corrected chi connectivity index (χ0v) is 11.8. The van der Waals surface area contributed by atoms with Crippen LogP contribution in [0.3, 0.4) is 0 Å². The lowest BCUT2D eigenvalue weighted by Crippen LogP contribution is -2.49. The summed E-state index contributed by atoms with van der Waals surface area (Å²) in [5, 5.41) is 0. The summed E-state index contributed by atoms with van der Waals surface area (Å²) in [6.45, 7) is 8.59. The van der Waals surface area contributed by atoms with E-state index in [2.05, 4.69) is 41.0 Å². The first-order valence-electron chi connectivity index (χ1n) is 7.46. The van der Waals surface area contributed by atoms with E-state index in [0.717, 1.165) is 32.3 Å². The van der Waals surface area contributed by atoms with E-state index in [0.29, 0.717) is 0 Å². The van der Waals surface area contributed by atoms with Gasteiger partial charge >= 0.3 is 0 Å². The summed E-state index contributed by atoms with van der Waals surface area (Å²) in [7, 11) is 0. The van der Waals surface area contributed by atoms with Crippen LogP contribution in [0.15, 0.2) is 24.3 Å². The van der Waals surface area contributed by atoms with Gasteiger partial charge in [0.05, 0.1) is 13.2 Å². The summed E-state index contributed by atoms with van der Waals surface area (Å²) in [6, 6.07) is 9.70. The molecule has 3 heteroatoms. The lowest BCUT2D eigenvalue weighted by Gasteiger charge is -2.40. The van der Waals surface area contributed by atoms with Crippen LogP contribution in [0.25, 0.3) is 0 Å². The highest BCUT2D eigenvalue weighted by atomic mass is 16.5. The Morgan fingerprint density at radius 2 is 1.58 bits per heavy atom. The highest BCUT2D eigenvalue weighted by Gasteiger charge is 2.25. The SMILES string of the molecule is Cc1ccc(N2CCC(N3CCOCC3)CC2)cc1. The molecule has 2 aliphatic heterocycles. The Bertz CT molecular complexity index is 390. The Kier molecular flexibility index (Phi) is 4.04. The summed E-state index contributed by atoms with van der Waals surface area (Å²) in [4.78, 5) is 5.15. The highest BCUT2D eigenvalue weighted by molar-refractivity contribution is 5.47. The molecule has 0 amide bonds. The molecule has 0 unspecified atom stereocenters. The van der Waals surface area contributed by atoms with Crippen LogP contribution >= 0.6 is 0 Å². The number of piperidine rings is 1. The maximum Gasteiger partial charge on any atom is 0.0594 e. The Labute approximate surface area is 116 Å². The van der Waals surface area contributed by atoms with E-state index in [1.807, 2.05) is 0 Å². The van der Waals surface area contributed by atoms with Crippen LogP contribution in [0, 0.1) is 6.92 Å². The van der Waals surface area contributed by atoms with Gasteiger partial charge in [-0.2, -0.15) is 0 Å². The van der Waals surface area contributed by atoms with Crippen LogP contribution in [0.4, 0.5) is 5.69 Å². The summed E-state index contributed by atoms with van der Waals surface area (Å²) in [5.41, 5.74) is 2.72. The van der Waals surface area contributed by atoms with Gasteiger partial charge in [-0.25, -0.2) is 0 Å². The van der Waals surface area contributed by atoms with Crippen LogP contribution in [0.1, 0.15) is 18.4 Å². The number of anilines is 1. The van der Waals surface area contributed by atoms with Crippen molar-refractivity contribution in [2.45, 2.75) is 25.8 Å². The number of rotatable bonds is 2. The van der Waals surface area contributed by atoms with Gasteiger partial charge < -0.3 is 9.64 Å². The fraction of sp³-hybridized carbons (Fsp3) is 0.625. The van der Waals surface area contributed by atoms with E-state index < -0.39 is 0 Å². The van der Waals surface area contributed by atoms with E-state index in [9.17, 15) is 0 Å². The quantitative estimate of drug-likeness (QED) is 0.811. The van der Waals surface area contributed by atoms with Gasteiger partial charge in [0.15, 0.2) is 0 Å². The van der Waals surface area contributed by atoms with Crippen LogP contribution < -0.4 is 4.90 Å². The third-order valence-electron chi connectivity index (χ3n) is 4.43. The highest BCUT2D eigenvalue weighted by Crippen LogP contribution is 2.23. The fourth-order valence-corrected chi connectivity index (χ4v) is 3.19. The zero-order chi connectivity index (χ0) is 13.1. The number of aryl methyl sites for hydroxylation is 1. The molecular weight excluding hydrogens is 236 g/mol. The van der Waals surface area contributed by atoms with Gasteiger partial charge in [0.25, 0.3) is 0 Å². The summed E-state index contributed by atoms with van der Waals surface area (Å²) < 4.78 is 5.44. The van der Waals surface area contributed by atoms with E-state index >= 15 is 0 Å². The van der Waals surface area contributed by atoms with E-state index in [-0.39, 0.29) is 0 Å². The molecule has 2 fully saturated rings. The summed E-state index contributed by atoms with van der Waals surface area (Å²) >= 11 is 0. The lowest BCUT2D eigenvalue weighted by molar-refractivity contribution is 0.0115. The largest absolute Gasteiger partial charge is 0.379 e. The normalized spacial score (nSPS) is 22.7. The molecule has 0 bridgehead atoms. The number of hydrogen-bond donors (Lipinski definition) is 0. The number of hydrogen-bond acceptors (Lipinski definition) is 3. The van der Waals surface area contributed by atoms with Gasteiger partial charge in [-0.15, -0.1) is 0 Å². The standard InChI is InChI=1S/C16H24N2O/c1-14-2-4-15(5-3-14)17-8-6-16(7-9-17)18-10-12-19-13-11-18/h2-5,16H,6-13H2,1H3. The molecule has 1 aromatic rings. The minimum atomic E-state index is 0.769.